The lowest BCUT2D eigenvalue weighted by molar-refractivity contribution is -0.134. The van der Waals surface area contributed by atoms with Crippen molar-refractivity contribution in [2.45, 2.75) is 39.5 Å². The Balaban J connectivity index is 2.89. The molecule has 0 aliphatic rings. The van der Waals surface area contributed by atoms with E-state index in [4.69, 9.17) is 4.74 Å². The van der Waals surface area contributed by atoms with E-state index in [0.717, 1.165) is 42.5 Å². The maximum absolute atomic E-state index is 11.5. The summed E-state index contributed by atoms with van der Waals surface area (Å²) in [5, 5.41) is 2.73. The van der Waals surface area contributed by atoms with Gasteiger partial charge in [-0.05, 0) is 36.1 Å². The maximum atomic E-state index is 11.5. The Labute approximate surface area is 126 Å². The minimum atomic E-state index is -0.340. The highest BCUT2D eigenvalue weighted by molar-refractivity contribution is 5.92. The summed E-state index contributed by atoms with van der Waals surface area (Å²) in [6.07, 6.45) is 5.67. The lowest BCUT2D eigenvalue weighted by Gasteiger charge is -2.09. The Bertz CT molecular complexity index is 503. The summed E-state index contributed by atoms with van der Waals surface area (Å²) in [7, 11) is 1.38. The molecule has 0 saturated carbocycles. The number of allylic oxidation sites excluding steroid dienone is 1. The fourth-order valence-corrected chi connectivity index (χ4v) is 2.04. The number of ether oxygens (including phenoxy) is 1. The number of hydrogen-bond acceptors (Lipinski definition) is 3. The van der Waals surface area contributed by atoms with Gasteiger partial charge in [0.05, 0.1) is 7.11 Å². The molecule has 0 unspecified atom stereocenters. The molecule has 0 aromatic heterocycles. The van der Waals surface area contributed by atoms with Crippen LogP contribution in [0.15, 0.2) is 30.3 Å². The van der Waals surface area contributed by atoms with Gasteiger partial charge in [0, 0.05) is 18.7 Å². The monoisotopic (exact) mass is 289 g/mol. The zero-order valence-corrected chi connectivity index (χ0v) is 12.9. The van der Waals surface area contributed by atoms with Gasteiger partial charge < -0.3 is 10.1 Å². The van der Waals surface area contributed by atoms with E-state index in [1.807, 2.05) is 24.3 Å². The largest absolute Gasteiger partial charge is 0.466 e. The molecule has 0 heterocycles. The normalized spacial score (nSPS) is 11.1. The molecule has 0 spiro atoms. The third kappa shape index (κ3) is 6.25. The zero-order chi connectivity index (χ0) is 15.7. The highest BCUT2D eigenvalue weighted by atomic mass is 16.5. The van der Waals surface area contributed by atoms with Gasteiger partial charge in [0.25, 0.3) is 0 Å². The number of benzene rings is 1. The van der Waals surface area contributed by atoms with Gasteiger partial charge in [-0.25, -0.2) is 4.79 Å². The number of anilines is 1. The molecule has 1 N–H and O–H groups in total. The molecule has 21 heavy (non-hydrogen) atoms. The minimum absolute atomic E-state index is 0.101. The summed E-state index contributed by atoms with van der Waals surface area (Å²) < 4.78 is 4.71. The molecule has 114 valence electrons. The van der Waals surface area contributed by atoms with Crippen LogP contribution in [0.2, 0.25) is 0 Å². The van der Waals surface area contributed by atoms with E-state index < -0.39 is 0 Å². The van der Waals surface area contributed by atoms with Gasteiger partial charge in [-0.1, -0.05) is 31.9 Å². The van der Waals surface area contributed by atoms with Crippen LogP contribution in [-0.2, 0) is 14.3 Å². The van der Waals surface area contributed by atoms with Gasteiger partial charge in [0.2, 0.25) is 5.91 Å². The number of hydrogen-bond donors (Lipinski definition) is 1. The molecule has 0 saturated heterocycles. The predicted molar refractivity (Wildman–Crippen MR) is 84.9 cm³/mol. The van der Waals surface area contributed by atoms with Crippen LogP contribution in [0.4, 0.5) is 5.69 Å². The first-order chi connectivity index (χ1) is 10.1. The number of amides is 1. The van der Waals surface area contributed by atoms with Crippen LogP contribution in [0.25, 0.3) is 5.57 Å². The summed E-state index contributed by atoms with van der Waals surface area (Å²) in [6.45, 7) is 3.62. The molecule has 1 amide bonds. The Hall–Kier alpha value is -2.10. The standard InChI is InChI=1S/C17H23NO3/c1-4-5-6-7-15(12-17(20)21-3)14-8-10-16(11-9-14)18-13(2)19/h8-12H,4-7H2,1-3H3,(H,18,19)/b15-12+. The molecule has 0 radical (unpaired) electrons. The number of rotatable bonds is 7. The first-order valence-corrected chi connectivity index (χ1v) is 7.23. The van der Waals surface area contributed by atoms with Crippen molar-refractivity contribution in [3.05, 3.63) is 35.9 Å². The maximum Gasteiger partial charge on any atom is 0.330 e. The number of carbonyl (C=O) groups excluding carboxylic acids is 2. The van der Waals surface area contributed by atoms with Gasteiger partial charge in [-0.3, -0.25) is 4.79 Å². The van der Waals surface area contributed by atoms with Crippen LogP contribution in [0.1, 0.15) is 45.1 Å². The first-order valence-electron chi connectivity index (χ1n) is 7.23. The highest BCUT2D eigenvalue weighted by Gasteiger charge is 2.06. The van der Waals surface area contributed by atoms with Crippen molar-refractivity contribution < 1.29 is 14.3 Å². The fraction of sp³-hybridized carbons (Fsp3) is 0.412. The second kappa shape index (κ2) is 8.95. The second-order valence-corrected chi connectivity index (χ2v) is 4.91. The lowest BCUT2D eigenvalue weighted by Crippen LogP contribution is -2.05. The van der Waals surface area contributed by atoms with E-state index in [9.17, 15) is 9.59 Å². The minimum Gasteiger partial charge on any atom is -0.466 e. The molecule has 0 aliphatic carbocycles. The average molecular weight is 289 g/mol. The van der Waals surface area contributed by atoms with Crippen molar-refractivity contribution in [3.8, 4) is 0 Å². The van der Waals surface area contributed by atoms with Crippen molar-refractivity contribution in [3.63, 3.8) is 0 Å². The van der Waals surface area contributed by atoms with Crippen LogP contribution >= 0.6 is 0 Å². The van der Waals surface area contributed by atoms with E-state index in [1.54, 1.807) is 6.08 Å². The Kier molecular flexibility index (Phi) is 7.23. The summed E-state index contributed by atoms with van der Waals surface area (Å²) >= 11 is 0. The molecule has 4 heteroatoms. The van der Waals surface area contributed by atoms with Crippen molar-refractivity contribution in [1.29, 1.82) is 0 Å². The van der Waals surface area contributed by atoms with E-state index in [1.165, 1.54) is 14.0 Å². The molecule has 0 bridgehead atoms. The molecule has 4 nitrogen and oxygen atoms in total. The van der Waals surface area contributed by atoms with Crippen LogP contribution in [0, 0.1) is 0 Å². The summed E-state index contributed by atoms with van der Waals surface area (Å²) in [4.78, 5) is 22.5. The fourth-order valence-electron chi connectivity index (χ4n) is 2.04. The van der Waals surface area contributed by atoms with Crippen molar-refractivity contribution >= 4 is 23.1 Å². The number of nitrogens with one attached hydrogen (secondary N) is 1. The molecule has 0 atom stereocenters. The SMILES string of the molecule is CCCCC/C(=C\C(=O)OC)c1ccc(NC(C)=O)cc1. The van der Waals surface area contributed by atoms with Gasteiger partial charge in [-0.15, -0.1) is 0 Å². The van der Waals surface area contributed by atoms with Crippen LogP contribution in [-0.4, -0.2) is 19.0 Å². The van der Waals surface area contributed by atoms with E-state index >= 15 is 0 Å². The Morgan fingerprint density at radius 3 is 2.38 bits per heavy atom. The van der Waals surface area contributed by atoms with Gasteiger partial charge in [-0.2, -0.15) is 0 Å². The molecular weight excluding hydrogens is 266 g/mol. The first kappa shape index (κ1) is 17.0. The Morgan fingerprint density at radius 2 is 1.86 bits per heavy atom. The molecule has 0 fully saturated rings. The molecular formula is C17H23NO3. The van der Waals surface area contributed by atoms with Crippen molar-refractivity contribution in [2.24, 2.45) is 0 Å². The van der Waals surface area contributed by atoms with E-state index in [2.05, 4.69) is 12.2 Å². The van der Waals surface area contributed by atoms with Crippen LogP contribution in [0.5, 0.6) is 0 Å². The highest BCUT2D eigenvalue weighted by Crippen LogP contribution is 2.23. The summed E-state index contributed by atoms with van der Waals surface area (Å²) in [5.41, 5.74) is 2.69. The van der Waals surface area contributed by atoms with E-state index in [-0.39, 0.29) is 11.9 Å². The second-order valence-electron chi connectivity index (χ2n) is 4.91. The van der Waals surface area contributed by atoms with E-state index in [0.29, 0.717) is 0 Å². The van der Waals surface area contributed by atoms with Gasteiger partial charge >= 0.3 is 5.97 Å². The van der Waals surface area contributed by atoms with Gasteiger partial charge in [0.15, 0.2) is 0 Å². The number of carbonyl (C=O) groups is 2. The topological polar surface area (TPSA) is 55.4 Å². The summed E-state index contributed by atoms with van der Waals surface area (Å²) in [6, 6.07) is 7.49. The average Bonchev–Trinajstić information content (AvgIpc) is 2.46. The summed E-state index contributed by atoms with van der Waals surface area (Å²) in [5.74, 6) is -0.441. The van der Waals surface area contributed by atoms with Crippen molar-refractivity contribution in [1.82, 2.24) is 0 Å². The molecule has 1 aromatic carbocycles. The third-order valence-corrected chi connectivity index (χ3v) is 3.12. The van der Waals surface area contributed by atoms with Gasteiger partial charge in [0.1, 0.15) is 0 Å². The van der Waals surface area contributed by atoms with Crippen LogP contribution < -0.4 is 5.32 Å². The zero-order valence-electron chi connectivity index (χ0n) is 12.9. The number of methoxy groups -OCH3 is 1. The number of esters is 1. The Morgan fingerprint density at radius 1 is 1.19 bits per heavy atom. The smallest absolute Gasteiger partial charge is 0.330 e. The van der Waals surface area contributed by atoms with Crippen LogP contribution in [0.3, 0.4) is 0 Å². The third-order valence-electron chi connectivity index (χ3n) is 3.12. The molecule has 0 aliphatic heterocycles. The lowest BCUT2D eigenvalue weighted by atomic mass is 9.99. The number of unbranched alkanes of at least 4 members (excludes halogenated alkanes) is 2. The quantitative estimate of drug-likeness (QED) is 0.472. The molecule has 1 aromatic rings. The molecule has 1 rings (SSSR count). The van der Waals surface area contributed by atoms with Crippen molar-refractivity contribution in [2.75, 3.05) is 12.4 Å². The predicted octanol–water partition coefficient (Wildman–Crippen LogP) is 3.78.